The van der Waals surface area contributed by atoms with Crippen molar-refractivity contribution >= 4 is 29.0 Å². The van der Waals surface area contributed by atoms with Crippen molar-refractivity contribution < 1.29 is 14.7 Å². The molecular formula is C12H10N2O3S. The van der Waals surface area contributed by atoms with Gasteiger partial charge in [0.25, 0.3) is 5.91 Å². The maximum absolute atomic E-state index is 11.9. The molecule has 2 N–H and O–H groups in total. The number of carboxylic acid groups (broad SMARTS) is 1. The van der Waals surface area contributed by atoms with Gasteiger partial charge in [0.05, 0.1) is 11.1 Å². The molecule has 0 bridgehead atoms. The Bertz CT molecular complexity index is 607. The van der Waals surface area contributed by atoms with Crippen LogP contribution >= 0.6 is 11.3 Å². The average Bonchev–Trinajstić information content (AvgIpc) is 2.76. The van der Waals surface area contributed by atoms with Gasteiger partial charge in [-0.2, -0.15) is 11.3 Å². The number of nitrogens with zero attached hydrogens (tertiary/aromatic N) is 1. The summed E-state index contributed by atoms with van der Waals surface area (Å²) in [6.07, 6.45) is 1.35. The standard InChI is InChI=1S/C12H10N2O3S/c1-7-5-18-6-9(7)11(15)14-10-4-8(12(16)17)2-3-13-10/h2-6H,1H3,(H,16,17)(H,13,14,15). The predicted molar refractivity (Wildman–Crippen MR) is 68.2 cm³/mol. The summed E-state index contributed by atoms with van der Waals surface area (Å²) in [6.45, 7) is 1.84. The number of nitrogens with one attached hydrogen (secondary N) is 1. The van der Waals surface area contributed by atoms with E-state index in [-0.39, 0.29) is 17.3 Å². The molecule has 0 saturated carbocycles. The Morgan fingerprint density at radius 1 is 1.39 bits per heavy atom. The third-order valence-electron chi connectivity index (χ3n) is 2.35. The van der Waals surface area contributed by atoms with E-state index in [9.17, 15) is 9.59 Å². The summed E-state index contributed by atoms with van der Waals surface area (Å²) in [5.74, 6) is -1.12. The molecule has 2 aromatic heterocycles. The molecule has 2 heterocycles. The Balaban J connectivity index is 2.20. The zero-order valence-corrected chi connectivity index (χ0v) is 10.3. The Morgan fingerprint density at radius 3 is 2.78 bits per heavy atom. The summed E-state index contributed by atoms with van der Waals surface area (Å²) in [5.41, 5.74) is 1.54. The normalized spacial score (nSPS) is 10.1. The number of thiophene rings is 1. The molecule has 0 aromatic carbocycles. The zero-order chi connectivity index (χ0) is 13.1. The first-order chi connectivity index (χ1) is 8.58. The maximum atomic E-state index is 11.9. The fraction of sp³-hybridized carbons (Fsp3) is 0.0833. The lowest BCUT2D eigenvalue weighted by atomic mass is 10.2. The molecule has 0 fully saturated rings. The van der Waals surface area contributed by atoms with Gasteiger partial charge in [-0.1, -0.05) is 0 Å². The van der Waals surface area contributed by atoms with Crippen LogP contribution in [0.4, 0.5) is 5.82 Å². The highest BCUT2D eigenvalue weighted by molar-refractivity contribution is 7.08. The summed E-state index contributed by atoms with van der Waals surface area (Å²) in [6, 6.07) is 2.69. The van der Waals surface area contributed by atoms with E-state index >= 15 is 0 Å². The first kappa shape index (κ1) is 12.3. The van der Waals surface area contributed by atoms with Crippen molar-refractivity contribution in [1.29, 1.82) is 0 Å². The van der Waals surface area contributed by atoms with E-state index in [1.807, 2.05) is 12.3 Å². The molecule has 0 aliphatic heterocycles. The lowest BCUT2D eigenvalue weighted by Gasteiger charge is -2.04. The van der Waals surface area contributed by atoms with Gasteiger partial charge in [-0.15, -0.1) is 0 Å². The number of aromatic carboxylic acids is 1. The Morgan fingerprint density at radius 2 is 2.17 bits per heavy atom. The van der Waals surface area contributed by atoms with Crippen molar-refractivity contribution in [1.82, 2.24) is 4.98 Å². The topological polar surface area (TPSA) is 79.3 Å². The van der Waals surface area contributed by atoms with Crippen LogP contribution in [0, 0.1) is 6.92 Å². The fourth-order valence-corrected chi connectivity index (χ4v) is 2.24. The lowest BCUT2D eigenvalue weighted by molar-refractivity contribution is 0.0696. The molecule has 0 saturated heterocycles. The second kappa shape index (κ2) is 4.97. The summed E-state index contributed by atoms with van der Waals surface area (Å²) in [4.78, 5) is 26.6. The number of amides is 1. The van der Waals surface area contributed by atoms with Crippen LogP contribution in [0.25, 0.3) is 0 Å². The molecule has 2 rings (SSSR count). The molecule has 0 aliphatic carbocycles. The minimum absolute atomic E-state index is 0.0855. The highest BCUT2D eigenvalue weighted by Crippen LogP contribution is 2.15. The highest BCUT2D eigenvalue weighted by Gasteiger charge is 2.11. The van der Waals surface area contributed by atoms with Crippen LogP contribution in [0.5, 0.6) is 0 Å². The van der Waals surface area contributed by atoms with Crippen LogP contribution in [0.15, 0.2) is 29.1 Å². The fourth-order valence-electron chi connectivity index (χ4n) is 1.41. The number of carboxylic acids is 1. The summed E-state index contributed by atoms with van der Waals surface area (Å²) in [5, 5.41) is 15.0. The smallest absolute Gasteiger partial charge is 0.335 e. The summed E-state index contributed by atoms with van der Waals surface area (Å²) < 4.78 is 0. The van der Waals surface area contributed by atoms with Crippen LogP contribution in [0.2, 0.25) is 0 Å². The number of rotatable bonds is 3. The molecule has 18 heavy (non-hydrogen) atoms. The molecule has 2 aromatic rings. The SMILES string of the molecule is Cc1cscc1C(=O)Nc1cc(C(=O)O)ccn1. The molecule has 5 nitrogen and oxygen atoms in total. The Hall–Kier alpha value is -2.21. The van der Waals surface area contributed by atoms with E-state index in [2.05, 4.69) is 10.3 Å². The Kier molecular flexibility index (Phi) is 3.38. The van der Waals surface area contributed by atoms with Gasteiger partial charge >= 0.3 is 5.97 Å². The Labute approximate surface area is 107 Å². The van der Waals surface area contributed by atoms with E-state index in [0.717, 1.165) is 5.56 Å². The number of anilines is 1. The largest absolute Gasteiger partial charge is 0.478 e. The number of aromatic nitrogens is 1. The van der Waals surface area contributed by atoms with Gasteiger partial charge in [0.2, 0.25) is 0 Å². The number of pyridine rings is 1. The molecule has 0 atom stereocenters. The predicted octanol–water partition coefficient (Wildman–Crippen LogP) is 2.40. The van der Waals surface area contributed by atoms with Crippen molar-refractivity contribution in [2.75, 3.05) is 5.32 Å². The average molecular weight is 262 g/mol. The maximum Gasteiger partial charge on any atom is 0.335 e. The lowest BCUT2D eigenvalue weighted by Crippen LogP contribution is -2.13. The van der Waals surface area contributed by atoms with Crippen molar-refractivity contribution in [3.05, 3.63) is 45.8 Å². The van der Waals surface area contributed by atoms with Crippen LogP contribution in [0.1, 0.15) is 26.3 Å². The van der Waals surface area contributed by atoms with Gasteiger partial charge in [-0.25, -0.2) is 9.78 Å². The monoisotopic (exact) mass is 262 g/mol. The third-order valence-corrected chi connectivity index (χ3v) is 3.21. The number of carbonyl (C=O) groups excluding carboxylic acids is 1. The van der Waals surface area contributed by atoms with Gasteiger partial charge in [-0.05, 0) is 30.0 Å². The minimum atomic E-state index is -1.06. The molecule has 6 heteroatoms. The van der Waals surface area contributed by atoms with Crippen LogP contribution in [-0.2, 0) is 0 Å². The van der Waals surface area contributed by atoms with Crippen molar-refractivity contribution in [2.24, 2.45) is 0 Å². The van der Waals surface area contributed by atoms with Gasteiger partial charge < -0.3 is 10.4 Å². The van der Waals surface area contributed by atoms with Gasteiger partial charge in [0, 0.05) is 11.6 Å². The summed E-state index contributed by atoms with van der Waals surface area (Å²) in [7, 11) is 0. The molecule has 1 amide bonds. The van der Waals surface area contributed by atoms with Crippen molar-refractivity contribution in [3.8, 4) is 0 Å². The van der Waals surface area contributed by atoms with E-state index in [0.29, 0.717) is 5.56 Å². The van der Waals surface area contributed by atoms with E-state index in [1.54, 1.807) is 5.38 Å². The molecule has 0 spiro atoms. The third kappa shape index (κ3) is 2.54. The highest BCUT2D eigenvalue weighted by atomic mass is 32.1. The first-order valence-corrected chi connectivity index (χ1v) is 6.05. The van der Waals surface area contributed by atoms with Gasteiger partial charge in [0.15, 0.2) is 0 Å². The van der Waals surface area contributed by atoms with E-state index in [1.165, 1.54) is 29.7 Å². The second-order valence-corrected chi connectivity index (χ2v) is 4.40. The van der Waals surface area contributed by atoms with Gasteiger partial charge in [0.1, 0.15) is 5.82 Å². The summed E-state index contributed by atoms with van der Waals surface area (Å²) >= 11 is 1.44. The zero-order valence-electron chi connectivity index (χ0n) is 9.51. The first-order valence-electron chi connectivity index (χ1n) is 5.11. The van der Waals surface area contributed by atoms with Crippen LogP contribution in [0.3, 0.4) is 0 Å². The second-order valence-electron chi connectivity index (χ2n) is 3.66. The molecule has 92 valence electrons. The van der Waals surface area contributed by atoms with E-state index in [4.69, 9.17) is 5.11 Å². The number of carbonyl (C=O) groups is 2. The number of hydrogen-bond acceptors (Lipinski definition) is 4. The number of hydrogen-bond donors (Lipinski definition) is 2. The van der Waals surface area contributed by atoms with Crippen LogP contribution in [-0.4, -0.2) is 22.0 Å². The number of aryl methyl sites for hydroxylation is 1. The van der Waals surface area contributed by atoms with Gasteiger partial charge in [-0.3, -0.25) is 4.79 Å². The van der Waals surface area contributed by atoms with Crippen molar-refractivity contribution in [2.45, 2.75) is 6.92 Å². The van der Waals surface area contributed by atoms with Crippen molar-refractivity contribution in [3.63, 3.8) is 0 Å². The minimum Gasteiger partial charge on any atom is -0.478 e. The van der Waals surface area contributed by atoms with Crippen LogP contribution < -0.4 is 5.32 Å². The molecule has 0 unspecified atom stereocenters. The quantitative estimate of drug-likeness (QED) is 0.890. The van der Waals surface area contributed by atoms with E-state index < -0.39 is 5.97 Å². The molecule has 0 radical (unpaired) electrons. The molecular weight excluding hydrogens is 252 g/mol. The molecule has 0 aliphatic rings.